The normalized spacial score (nSPS) is 8.58. The molecular formula is C8H4BrN3. The Morgan fingerprint density at radius 2 is 1.92 bits per heavy atom. The van der Waals surface area contributed by atoms with Crippen LogP contribution < -0.4 is 5.73 Å². The van der Waals surface area contributed by atoms with E-state index in [0.717, 1.165) is 0 Å². The predicted octanol–water partition coefficient (Wildman–Crippen LogP) is 1.77. The molecule has 0 unspecified atom stereocenters. The van der Waals surface area contributed by atoms with Gasteiger partial charge in [0.2, 0.25) is 0 Å². The Bertz CT molecular complexity index is 398. The van der Waals surface area contributed by atoms with E-state index in [2.05, 4.69) is 15.9 Å². The SMILES string of the molecule is N#Cc1cc(Br)c(N)c(C#N)c1. The van der Waals surface area contributed by atoms with Crippen molar-refractivity contribution >= 4 is 21.6 Å². The largest absolute Gasteiger partial charge is 0.397 e. The number of halogens is 1. The molecule has 0 atom stereocenters. The van der Waals surface area contributed by atoms with Crippen molar-refractivity contribution in [3.8, 4) is 12.1 Å². The lowest BCUT2D eigenvalue weighted by Crippen LogP contribution is -1.92. The van der Waals surface area contributed by atoms with Gasteiger partial charge in [-0.3, -0.25) is 0 Å². The first kappa shape index (κ1) is 8.58. The number of hydrogen-bond donors (Lipinski definition) is 1. The molecule has 0 aliphatic heterocycles. The lowest BCUT2D eigenvalue weighted by atomic mass is 10.1. The van der Waals surface area contributed by atoms with Crippen LogP contribution >= 0.6 is 15.9 Å². The summed E-state index contributed by atoms with van der Waals surface area (Å²) in [6, 6.07) is 6.88. The van der Waals surface area contributed by atoms with Gasteiger partial charge in [-0.15, -0.1) is 0 Å². The van der Waals surface area contributed by atoms with Crippen LogP contribution in [0, 0.1) is 22.7 Å². The lowest BCUT2D eigenvalue weighted by molar-refractivity contribution is 1.44. The highest BCUT2D eigenvalue weighted by Gasteiger charge is 2.04. The van der Waals surface area contributed by atoms with E-state index in [1.807, 2.05) is 12.1 Å². The molecule has 3 nitrogen and oxygen atoms in total. The van der Waals surface area contributed by atoms with Crippen molar-refractivity contribution < 1.29 is 0 Å². The third kappa shape index (κ3) is 1.39. The second-order valence-corrected chi connectivity index (χ2v) is 3.00. The maximum atomic E-state index is 8.60. The van der Waals surface area contributed by atoms with E-state index in [-0.39, 0.29) is 0 Å². The van der Waals surface area contributed by atoms with Crippen LogP contribution in [-0.2, 0) is 0 Å². The van der Waals surface area contributed by atoms with E-state index in [1.165, 1.54) is 6.07 Å². The Balaban J connectivity index is 3.44. The van der Waals surface area contributed by atoms with Crippen molar-refractivity contribution in [3.05, 3.63) is 27.7 Å². The molecule has 2 N–H and O–H groups in total. The first-order chi connectivity index (χ1) is 5.69. The van der Waals surface area contributed by atoms with Gasteiger partial charge in [0.25, 0.3) is 0 Å². The number of nitrogens with two attached hydrogens (primary N) is 1. The van der Waals surface area contributed by atoms with Gasteiger partial charge in [-0.2, -0.15) is 10.5 Å². The summed E-state index contributed by atoms with van der Waals surface area (Å²) >= 11 is 3.15. The van der Waals surface area contributed by atoms with Crippen LogP contribution in [-0.4, -0.2) is 0 Å². The summed E-state index contributed by atoms with van der Waals surface area (Å²) in [6.07, 6.45) is 0. The maximum Gasteiger partial charge on any atom is 0.101 e. The van der Waals surface area contributed by atoms with Crippen molar-refractivity contribution in [2.75, 3.05) is 5.73 Å². The Kier molecular flexibility index (Phi) is 2.32. The summed E-state index contributed by atoms with van der Waals surface area (Å²) in [6.45, 7) is 0. The molecule has 0 aliphatic rings. The standard InChI is InChI=1S/C8H4BrN3/c9-7-2-5(3-10)1-6(4-11)8(7)12/h1-2H,12H2. The van der Waals surface area contributed by atoms with Gasteiger partial charge in [-0.25, -0.2) is 0 Å². The summed E-state index contributed by atoms with van der Waals surface area (Å²) in [5.41, 5.74) is 6.65. The molecule has 0 saturated heterocycles. The van der Waals surface area contributed by atoms with E-state index in [0.29, 0.717) is 21.3 Å². The van der Waals surface area contributed by atoms with Crippen LogP contribution in [0.3, 0.4) is 0 Å². The number of hydrogen-bond acceptors (Lipinski definition) is 3. The molecular weight excluding hydrogens is 218 g/mol. The van der Waals surface area contributed by atoms with Crippen molar-refractivity contribution in [3.63, 3.8) is 0 Å². The van der Waals surface area contributed by atoms with Gasteiger partial charge in [0.15, 0.2) is 0 Å². The second kappa shape index (κ2) is 3.25. The minimum atomic E-state index is 0.320. The fourth-order valence-corrected chi connectivity index (χ4v) is 1.24. The molecule has 0 saturated carbocycles. The summed E-state index contributed by atoms with van der Waals surface area (Å²) in [5, 5.41) is 17.2. The van der Waals surface area contributed by atoms with Gasteiger partial charge in [-0.1, -0.05) is 0 Å². The van der Waals surface area contributed by atoms with Crippen LogP contribution in [0.25, 0.3) is 0 Å². The molecule has 0 aliphatic carbocycles. The van der Waals surface area contributed by atoms with E-state index in [4.69, 9.17) is 16.3 Å². The fraction of sp³-hybridized carbons (Fsp3) is 0. The van der Waals surface area contributed by atoms with Gasteiger partial charge < -0.3 is 5.73 Å². The van der Waals surface area contributed by atoms with Crippen LogP contribution in [0.1, 0.15) is 11.1 Å². The maximum absolute atomic E-state index is 8.60. The molecule has 0 amide bonds. The van der Waals surface area contributed by atoms with Crippen molar-refractivity contribution in [1.29, 1.82) is 10.5 Å². The minimum Gasteiger partial charge on any atom is -0.397 e. The first-order valence-electron chi connectivity index (χ1n) is 3.08. The number of nitrogen functional groups attached to an aromatic ring is 1. The zero-order valence-electron chi connectivity index (χ0n) is 6.00. The number of anilines is 1. The predicted molar refractivity (Wildman–Crippen MR) is 48.0 cm³/mol. The monoisotopic (exact) mass is 221 g/mol. The van der Waals surface area contributed by atoms with E-state index in [1.54, 1.807) is 6.07 Å². The average Bonchev–Trinajstić information content (AvgIpc) is 2.09. The first-order valence-corrected chi connectivity index (χ1v) is 3.87. The zero-order valence-corrected chi connectivity index (χ0v) is 7.59. The lowest BCUT2D eigenvalue weighted by Gasteiger charge is -1.99. The van der Waals surface area contributed by atoms with Gasteiger partial charge in [0, 0.05) is 4.47 Å². The molecule has 0 aromatic heterocycles. The Labute approximate surface area is 78.2 Å². The Hall–Kier alpha value is -1.52. The summed E-state index contributed by atoms with van der Waals surface area (Å²) in [4.78, 5) is 0. The van der Waals surface area contributed by atoms with Crippen molar-refractivity contribution in [2.45, 2.75) is 0 Å². The number of rotatable bonds is 0. The molecule has 1 rings (SSSR count). The molecule has 58 valence electrons. The molecule has 0 fully saturated rings. The molecule has 0 bridgehead atoms. The van der Waals surface area contributed by atoms with Crippen LogP contribution in [0.5, 0.6) is 0 Å². The highest BCUT2D eigenvalue weighted by Crippen LogP contribution is 2.24. The van der Waals surface area contributed by atoms with Crippen molar-refractivity contribution in [1.82, 2.24) is 0 Å². The summed E-state index contributed by atoms with van der Waals surface area (Å²) in [5.74, 6) is 0. The molecule has 0 spiro atoms. The number of benzene rings is 1. The van der Waals surface area contributed by atoms with E-state index < -0.39 is 0 Å². The molecule has 0 heterocycles. The molecule has 1 aromatic carbocycles. The smallest absolute Gasteiger partial charge is 0.101 e. The zero-order chi connectivity index (χ0) is 9.14. The summed E-state index contributed by atoms with van der Waals surface area (Å²) in [7, 11) is 0. The average molecular weight is 222 g/mol. The highest BCUT2D eigenvalue weighted by atomic mass is 79.9. The number of nitrogens with zero attached hydrogens (tertiary/aromatic N) is 2. The third-order valence-electron chi connectivity index (χ3n) is 1.38. The van der Waals surface area contributed by atoms with Gasteiger partial charge in [0.1, 0.15) is 6.07 Å². The third-order valence-corrected chi connectivity index (χ3v) is 2.04. The molecule has 4 heteroatoms. The minimum absolute atomic E-state index is 0.320. The van der Waals surface area contributed by atoms with E-state index in [9.17, 15) is 0 Å². The summed E-state index contributed by atoms with van der Waals surface area (Å²) < 4.78 is 0.582. The van der Waals surface area contributed by atoms with E-state index >= 15 is 0 Å². The molecule has 12 heavy (non-hydrogen) atoms. The quantitative estimate of drug-likeness (QED) is 0.679. The van der Waals surface area contributed by atoms with Gasteiger partial charge in [-0.05, 0) is 28.1 Å². The Morgan fingerprint density at radius 1 is 1.25 bits per heavy atom. The fourth-order valence-electron chi connectivity index (χ4n) is 0.775. The molecule has 1 aromatic rings. The van der Waals surface area contributed by atoms with Gasteiger partial charge in [0.05, 0.1) is 22.9 Å². The van der Waals surface area contributed by atoms with Gasteiger partial charge >= 0.3 is 0 Å². The van der Waals surface area contributed by atoms with Crippen LogP contribution in [0.15, 0.2) is 16.6 Å². The van der Waals surface area contributed by atoms with Crippen LogP contribution in [0.4, 0.5) is 5.69 Å². The van der Waals surface area contributed by atoms with Crippen molar-refractivity contribution in [2.24, 2.45) is 0 Å². The highest BCUT2D eigenvalue weighted by molar-refractivity contribution is 9.10. The molecule has 0 radical (unpaired) electrons. The number of nitriles is 2. The topological polar surface area (TPSA) is 73.6 Å². The Morgan fingerprint density at radius 3 is 2.42 bits per heavy atom. The van der Waals surface area contributed by atoms with Crippen LogP contribution in [0.2, 0.25) is 0 Å². The second-order valence-electron chi connectivity index (χ2n) is 2.14.